The highest BCUT2D eigenvalue weighted by Crippen LogP contribution is 2.18. The molecule has 1 fully saturated rings. The molecule has 0 aliphatic carbocycles. The van der Waals surface area contributed by atoms with Crippen molar-refractivity contribution in [1.82, 2.24) is 0 Å². The van der Waals surface area contributed by atoms with Crippen LogP contribution in [0.1, 0.15) is 13.8 Å². The van der Waals surface area contributed by atoms with Gasteiger partial charge >= 0.3 is 0 Å². The topological polar surface area (TPSA) is 70.5 Å². The molecule has 0 amide bonds. The Hall–Kier alpha value is -0.160. The van der Waals surface area contributed by atoms with Gasteiger partial charge in [-0.2, -0.15) is 0 Å². The van der Waals surface area contributed by atoms with Gasteiger partial charge in [-0.05, 0) is 13.8 Å². The molecule has 1 rings (SSSR count). The lowest BCUT2D eigenvalue weighted by Gasteiger charge is -2.12. The Labute approximate surface area is 60.5 Å². The van der Waals surface area contributed by atoms with Crippen LogP contribution < -0.4 is 11.5 Å². The van der Waals surface area contributed by atoms with Crippen molar-refractivity contribution in [2.45, 2.75) is 38.5 Å². The van der Waals surface area contributed by atoms with Crippen molar-refractivity contribution in [3.63, 3.8) is 0 Å². The molecule has 4 N–H and O–H groups in total. The second-order valence-electron chi connectivity index (χ2n) is 2.63. The average molecular weight is 146 g/mol. The van der Waals surface area contributed by atoms with Crippen LogP contribution in [0.2, 0.25) is 0 Å². The molecule has 0 aromatic carbocycles. The van der Waals surface area contributed by atoms with Crippen LogP contribution >= 0.6 is 0 Å². The Morgan fingerprint density at radius 3 is 1.70 bits per heavy atom. The summed E-state index contributed by atoms with van der Waals surface area (Å²) in [6.07, 6.45) is -0.767. The van der Waals surface area contributed by atoms with E-state index >= 15 is 0 Å². The lowest BCUT2D eigenvalue weighted by Crippen LogP contribution is -2.43. The van der Waals surface area contributed by atoms with Crippen LogP contribution in [0.4, 0.5) is 0 Å². The van der Waals surface area contributed by atoms with Crippen LogP contribution in [0.5, 0.6) is 0 Å². The lowest BCUT2D eigenvalue weighted by molar-refractivity contribution is -0.0769. The summed E-state index contributed by atoms with van der Waals surface area (Å²) in [5, 5.41) is 0. The molecule has 1 aliphatic rings. The monoisotopic (exact) mass is 146 g/mol. The summed E-state index contributed by atoms with van der Waals surface area (Å²) in [5.74, 6) is 0. The van der Waals surface area contributed by atoms with E-state index in [0.29, 0.717) is 0 Å². The van der Waals surface area contributed by atoms with Crippen LogP contribution in [-0.2, 0) is 9.47 Å². The first-order valence-corrected chi connectivity index (χ1v) is 3.43. The van der Waals surface area contributed by atoms with E-state index < -0.39 is 12.5 Å². The van der Waals surface area contributed by atoms with Gasteiger partial charge in [0, 0.05) is 0 Å². The Kier molecular flexibility index (Phi) is 2.25. The zero-order valence-corrected chi connectivity index (χ0v) is 6.28. The molecule has 1 saturated heterocycles. The molecule has 2 atom stereocenters. The highest BCUT2D eigenvalue weighted by Gasteiger charge is 2.31. The summed E-state index contributed by atoms with van der Waals surface area (Å²) in [6.45, 7) is 3.88. The van der Waals surface area contributed by atoms with Crippen molar-refractivity contribution in [1.29, 1.82) is 0 Å². The molecular weight excluding hydrogens is 132 g/mol. The first-order chi connectivity index (χ1) is 4.61. The van der Waals surface area contributed by atoms with Crippen molar-refractivity contribution >= 4 is 0 Å². The van der Waals surface area contributed by atoms with Gasteiger partial charge in [-0.15, -0.1) is 0 Å². The lowest BCUT2D eigenvalue weighted by atomic mass is 10.3. The van der Waals surface area contributed by atoms with Crippen LogP contribution in [0.15, 0.2) is 0 Å². The summed E-state index contributed by atoms with van der Waals surface area (Å²) >= 11 is 0. The predicted octanol–water partition coefficient (Wildman–Crippen LogP) is -0.620. The molecule has 1 aliphatic heterocycles. The molecule has 4 nitrogen and oxygen atoms in total. The largest absolute Gasteiger partial charge is 0.344 e. The highest BCUT2D eigenvalue weighted by molar-refractivity contribution is 4.72. The quantitative estimate of drug-likeness (QED) is 0.484. The van der Waals surface area contributed by atoms with Crippen molar-refractivity contribution in [2.75, 3.05) is 0 Å². The molecule has 2 unspecified atom stereocenters. The summed E-state index contributed by atoms with van der Waals surface area (Å²) in [7, 11) is 0. The van der Waals surface area contributed by atoms with Gasteiger partial charge in [0.2, 0.25) is 0 Å². The number of hydrogen-bond acceptors (Lipinski definition) is 4. The number of rotatable bonds is 1. The Morgan fingerprint density at radius 2 is 1.50 bits per heavy atom. The van der Waals surface area contributed by atoms with E-state index in [2.05, 4.69) is 0 Å². The molecule has 60 valence electrons. The Morgan fingerprint density at radius 1 is 1.10 bits per heavy atom. The SMILES string of the molecule is CC1OC(C(N)N)OC1C. The Bertz CT molecular complexity index is 108. The summed E-state index contributed by atoms with van der Waals surface area (Å²) in [6, 6.07) is 0. The molecule has 1 heterocycles. The van der Waals surface area contributed by atoms with Gasteiger partial charge in [0.1, 0.15) is 6.17 Å². The van der Waals surface area contributed by atoms with E-state index in [-0.39, 0.29) is 12.2 Å². The smallest absolute Gasteiger partial charge is 0.186 e. The van der Waals surface area contributed by atoms with Gasteiger partial charge in [-0.3, -0.25) is 0 Å². The van der Waals surface area contributed by atoms with Crippen molar-refractivity contribution in [3.05, 3.63) is 0 Å². The third kappa shape index (κ3) is 1.46. The first kappa shape index (κ1) is 7.94. The summed E-state index contributed by atoms with van der Waals surface area (Å²) in [4.78, 5) is 0. The second-order valence-corrected chi connectivity index (χ2v) is 2.63. The van der Waals surface area contributed by atoms with Gasteiger partial charge in [0.25, 0.3) is 0 Å². The van der Waals surface area contributed by atoms with Crippen LogP contribution in [0.3, 0.4) is 0 Å². The van der Waals surface area contributed by atoms with E-state index in [1.54, 1.807) is 0 Å². The number of hydrogen-bond donors (Lipinski definition) is 2. The van der Waals surface area contributed by atoms with Crippen molar-refractivity contribution < 1.29 is 9.47 Å². The molecule has 0 saturated carbocycles. The average Bonchev–Trinajstić information content (AvgIpc) is 2.13. The Balaban J connectivity index is 2.41. The fraction of sp³-hybridized carbons (Fsp3) is 1.00. The van der Waals surface area contributed by atoms with E-state index in [4.69, 9.17) is 20.9 Å². The minimum absolute atomic E-state index is 0.0969. The minimum atomic E-state index is -0.535. The van der Waals surface area contributed by atoms with Gasteiger partial charge in [0.15, 0.2) is 6.29 Å². The third-order valence-corrected chi connectivity index (χ3v) is 1.67. The van der Waals surface area contributed by atoms with Crippen LogP contribution in [0, 0.1) is 0 Å². The van der Waals surface area contributed by atoms with E-state index in [0.717, 1.165) is 0 Å². The minimum Gasteiger partial charge on any atom is -0.344 e. The molecule has 10 heavy (non-hydrogen) atoms. The van der Waals surface area contributed by atoms with Gasteiger partial charge in [-0.25, -0.2) is 0 Å². The van der Waals surface area contributed by atoms with Gasteiger partial charge in [0.05, 0.1) is 12.2 Å². The molecule has 0 bridgehead atoms. The zero-order valence-electron chi connectivity index (χ0n) is 6.28. The predicted molar refractivity (Wildman–Crippen MR) is 37.0 cm³/mol. The molecule has 4 heteroatoms. The molecule has 0 aromatic rings. The van der Waals surface area contributed by atoms with Crippen LogP contribution in [0.25, 0.3) is 0 Å². The van der Waals surface area contributed by atoms with Gasteiger partial charge in [-0.1, -0.05) is 0 Å². The van der Waals surface area contributed by atoms with E-state index in [1.165, 1.54) is 0 Å². The van der Waals surface area contributed by atoms with Crippen molar-refractivity contribution in [2.24, 2.45) is 11.5 Å². The summed E-state index contributed by atoms with van der Waals surface area (Å²) < 4.78 is 10.5. The fourth-order valence-electron chi connectivity index (χ4n) is 0.858. The maximum Gasteiger partial charge on any atom is 0.186 e. The standard InChI is InChI=1S/C6H14N2O2/c1-3-4(2)10-6(9-3)5(7)8/h3-6H,7-8H2,1-2H3. The molecule has 0 spiro atoms. The van der Waals surface area contributed by atoms with E-state index in [1.807, 2.05) is 13.8 Å². The van der Waals surface area contributed by atoms with Crippen LogP contribution in [-0.4, -0.2) is 24.7 Å². The maximum atomic E-state index is 5.35. The normalized spacial score (nSPS) is 41.1. The number of ether oxygens (including phenoxy) is 2. The third-order valence-electron chi connectivity index (χ3n) is 1.67. The zero-order chi connectivity index (χ0) is 7.72. The van der Waals surface area contributed by atoms with Crippen molar-refractivity contribution in [3.8, 4) is 0 Å². The maximum absolute atomic E-state index is 5.35. The summed E-state index contributed by atoms with van der Waals surface area (Å²) in [5.41, 5.74) is 10.7. The number of nitrogens with two attached hydrogens (primary N) is 2. The fourth-order valence-corrected chi connectivity index (χ4v) is 0.858. The molecule has 0 aromatic heterocycles. The van der Waals surface area contributed by atoms with E-state index in [9.17, 15) is 0 Å². The first-order valence-electron chi connectivity index (χ1n) is 3.43. The molecular formula is C6H14N2O2. The highest BCUT2D eigenvalue weighted by atomic mass is 16.7. The molecule has 0 radical (unpaired) electrons. The van der Waals surface area contributed by atoms with Gasteiger partial charge < -0.3 is 20.9 Å². The second kappa shape index (κ2) is 2.84.